The average Bonchev–Trinajstić information content (AvgIpc) is 2.74. The Morgan fingerprint density at radius 2 is 2.31 bits per heavy atom. The van der Waals surface area contributed by atoms with Crippen LogP contribution in [0.2, 0.25) is 0 Å². The zero-order valence-electron chi connectivity index (χ0n) is 7.51. The third-order valence-corrected chi connectivity index (χ3v) is 2.33. The van der Waals surface area contributed by atoms with E-state index < -0.39 is 0 Å². The Bertz CT molecular complexity index is 377. The summed E-state index contributed by atoms with van der Waals surface area (Å²) >= 11 is 1.42. The van der Waals surface area contributed by atoms with Crippen molar-refractivity contribution in [3.8, 4) is 5.69 Å². The molecule has 0 unspecified atom stereocenters. The fraction of sp³-hybridized carbons (Fsp3) is 0.375. The van der Waals surface area contributed by atoms with E-state index in [-0.39, 0.29) is 0 Å². The van der Waals surface area contributed by atoms with E-state index in [0.29, 0.717) is 5.92 Å². The minimum atomic E-state index is 0.377. The summed E-state index contributed by atoms with van der Waals surface area (Å²) < 4.78 is 5.86. The minimum Gasteiger partial charge on any atom is -0.219 e. The molecule has 5 heteroatoms. The summed E-state index contributed by atoms with van der Waals surface area (Å²) in [5.74, 6) is 1.35. The first-order valence-electron chi connectivity index (χ1n) is 4.08. The van der Waals surface area contributed by atoms with Crippen LogP contribution in [0.4, 0.5) is 0 Å². The van der Waals surface area contributed by atoms with E-state index in [1.807, 2.05) is 10.1 Å². The van der Waals surface area contributed by atoms with Gasteiger partial charge in [-0.25, -0.2) is 9.67 Å². The van der Waals surface area contributed by atoms with E-state index in [9.17, 15) is 0 Å². The largest absolute Gasteiger partial charge is 0.219 e. The van der Waals surface area contributed by atoms with Gasteiger partial charge in [0.1, 0.15) is 12.2 Å². The summed E-state index contributed by atoms with van der Waals surface area (Å²) in [5, 5.41) is 6.11. The lowest BCUT2D eigenvalue weighted by Gasteiger charge is -2.04. The van der Waals surface area contributed by atoms with Gasteiger partial charge in [0.05, 0.1) is 11.9 Å². The molecule has 0 aromatic carbocycles. The molecule has 0 saturated heterocycles. The zero-order valence-corrected chi connectivity index (χ0v) is 8.32. The lowest BCUT2D eigenvalue weighted by Crippen LogP contribution is -2.03. The van der Waals surface area contributed by atoms with Crippen LogP contribution in [0.1, 0.15) is 25.6 Å². The van der Waals surface area contributed by atoms with E-state index in [2.05, 4.69) is 28.3 Å². The second-order valence-corrected chi connectivity index (χ2v) is 3.72. The minimum absolute atomic E-state index is 0.377. The van der Waals surface area contributed by atoms with Gasteiger partial charge in [0, 0.05) is 11.3 Å². The number of aromatic nitrogens is 4. The van der Waals surface area contributed by atoms with Gasteiger partial charge >= 0.3 is 0 Å². The lowest BCUT2D eigenvalue weighted by atomic mass is 10.2. The molecular formula is C8H10N4S. The van der Waals surface area contributed by atoms with Gasteiger partial charge in [-0.2, -0.15) is 9.47 Å². The Balaban J connectivity index is 2.46. The molecule has 68 valence electrons. The van der Waals surface area contributed by atoms with Crippen LogP contribution in [-0.4, -0.2) is 19.1 Å². The smallest absolute Gasteiger partial charge is 0.138 e. The van der Waals surface area contributed by atoms with Crippen molar-refractivity contribution in [2.75, 3.05) is 0 Å². The summed E-state index contributed by atoms with van der Waals surface area (Å²) in [6.45, 7) is 4.20. The Labute approximate surface area is 80.4 Å². The van der Waals surface area contributed by atoms with Gasteiger partial charge in [-0.1, -0.05) is 13.8 Å². The maximum Gasteiger partial charge on any atom is 0.138 e. The molecule has 4 nitrogen and oxygen atoms in total. The van der Waals surface area contributed by atoms with Crippen LogP contribution in [0, 0.1) is 0 Å². The molecule has 0 N–H and O–H groups in total. The Hall–Kier alpha value is -1.23. The molecule has 2 aromatic rings. The van der Waals surface area contributed by atoms with Gasteiger partial charge in [0.15, 0.2) is 0 Å². The summed E-state index contributed by atoms with van der Waals surface area (Å²) in [4.78, 5) is 4.20. The first kappa shape index (κ1) is 8.37. The predicted molar refractivity (Wildman–Crippen MR) is 51.1 cm³/mol. The fourth-order valence-corrected chi connectivity index (χ4v) is 1.65. The summed E-state index contributed by atoms with van der Waals surface area (Å²) in [5.41, 5.74) is 0.992. The Morgan fingerprint density at radius 1 is 1.46 bits per heavy atom. The fourth-order valence-electron chi connectivity index (χ4n) is 1.15. The highest BCUT2D eigenvalue weighted by Gasteiger charge is 2.10. The van der Waals surface area contributed by atoms with Crippen molar-refractivity contribution in [1.82, 2.24) is 19.1 Å². The second-order valence-electron chi connectivity index (χ2n) is 3.07. The van der Waals surface area contributed by atoms with Crippen LogP contribution in [0.5, 0.6) is 0 Å². The number of nitrogens with zero attached hydrogens (tertiary/aromatic N) is 4. The Morgan fingerprint density at radius 3 is 2.92 bits per heavy atom. The maximum atomic E-state index is 4.20. The molecule has 0 fully saturated rings. The standard InChI is InChI=1S/C8H10N4S/c1-6(2)8-9-5-10-12(8)7-3-11-13-4-7/h3-6H,1-2H3. The van der Waals surface area contributed by atoms with Crippen molar-refractivity contribution in [3.05, 3.63) is 23.7 Å². The summed E-state index contributed by atoms with van der Waals surface area (Å²) in [6, 6.07) is 0. The van der Waals surface area contributed by atoms with E-state index in [0.717, 1.165) is 11.5 Å². The van der Waals surface area contributed by atoms with E-state index in [1.165, 1.54) is 11.5 Å². The van der Waals surface area contributed by atoms with Gasteiger partial charge in [0.25, 0.3) is 0 Å². The van der Waals surface area contributed by atoms with Crippen molar-refractivity contribution in [1.29, 1.82) is 0 Å². The third-order valence-electron chi connectivity index (χ3n) is 1.75. The zero-order chi connectivity index (χ0) is 9.26. The van der Waals surface area contributed by atoms with Crippen molar-refractivity contribution in [2.24, 2.45) is 0 Å². The summed E-state index contributed by atoms with van der Waals surface area (Å²) in [7, 11) is 0. The molecule has 2 heterocycles. The van der Waals surface area contributed by atoms with E-state index in [4.69, 9.17) is 0 Å². The van der Waals surface area contributed by atoms with Crippen LogP contribution in [-0.2, 0) is 0 Å². The summed E-state index contributed by atoms with van der Waals surface area (Å²) in [6.07, 6.45) is 3.37. The van der Waals surface area contributed by atoms with Gasteiger partial charge < -0.3 is 0 Å². The normalized spacial score (nSPS) is 11.0. The highest BCUT2D eigenvalue weighted by atomic mass is 32.1. The SMILES string of the molecule is CC(C)c1ncnn1-c1cnsc1. The van der Waals surface area contributed by atoms with Crippen molar-refractivity contribution in [2.45, 2.75) is 19.8 Å². The Kier molecular flexibility index (Phi) is 2.10. The lowest BCUT2D eigenvalue weighted by molar-refractivity contribution is 0.714. The number of hydrogen-bond donors (Lipinski definition) is 0. The van der Waals surface area contributed by atoms with Crippen LogP contribution in [0.15, 0.2) is 17.9 Å². The van der Waals surface area contributed by atoms with Gasteiger partial charge in [-0.3, -0.25) is 0 Å². The first-order chi connectivity index (χ1) is 6.29. The molecule has 0 radical (unpaired) electrons. The van der Waals surface area contributed by atoms with Crippen LogP contribution >= 0.6 is 11.5 Å². The molecule has 0 aliphatic carbocycles. The van der Waals surface area contributed by atoms with Gasteiger partial charge in [-0.15, -0.1) is 0 Å². The van der Waals surface area contributed by atoms with Gasteiger partial charge in [-0.05, 0) is 11.5 Å². The van der Waals surface area contributed by atoms with Crippen molar-refractivity contribution < 1.29 is 0 Å². The van der Waals surface area contributed by atoms with E-state index in [1.54, 1.807) is 12.5 Å². The molecule has 2 rings (SSSR count). The molecule has 2 aromatic heterocycles. The third kappa shape index (κ3) is 1.47. The average molecular weight is 194 g/mol. The molecule has 0 saturated carbocycles. The highest BCUT2D eigenvalue weighted by Crippen LogP contribution is 2.15. The molecule has 0 bridgehead atoms. The van der Waals surface area contributed by atoms with Crippen molar-refractivity contribution in [3.63, 3.8) is 0 Å². The quantitative estimate of drug-likeness (QED) is 0.732. The molecule has 0 aliphatic rings. The molecule has 0 aliphatic heterocycles. The molecule has 13 heavy (non-hydrogen) atoms. The van der Waals surface area contributed by atoms with Crippen LogP contribution in [0.3, 0.4) is 0 Å². The van der Waals surface area contributed by atoms with E-state index >= 15 is 0 Å². The predicted octanol–water partition coefficient (Wildman–Crippen LogP) is 1.85. The molecule has 0 spiro atoms. The van der Waals surface area contributed by atoms with Gasteiger partial charge in [0.2, 0.25) is 0 Å². The molecule has 0 atom stereocenters. The maximum absolute atomic E-state index is 4.20. The van der Waals surface area contributed by atoms with Crippen LogP contribution in [0.25, 0.3) is 5.69 Å². The first-order valence-corrected chi connectivity index (χ1v) is 4.92. The topological polar surface area (TPSA) is 43.6 Å². The number of rotatable bonds is 2. The molecular weight excluding hydrogens is 184 g/mol. The number of hydrogen-bond acceptors (Lipinski definition) is 4. The van der Waals surface area contributed by atoms with Crippen molar-refractivity contribution >= 4 is 11.5 Å². The van der Waals surface area contributed by atoms with Crippen LogP contribution < -0.4 is 0 Å². The molecule has 0 amide bonds. The highest BCUT2D eigenvalue weighted by molar-refractivity contribution is 7.03. The monoisotopic (exact) mass is 194 g/mol. The second kappa shape index (κ2) is 3.26.